The van der Waals surface area contributed by atoms with Gasteiger partial charge in [0.25, 0.3) is 10.0 Å². The van der Waals surface area contributed by atoms with Crippen LogP contribution in [0.1, 0.15) is 12.0 Å². The second-order valence-electron chi connectivity index (χ2n) is 7.29. The number of ether oxygens (including phenoxy) is 1. The number of nitrogens with one attached hydrogen (secondary N) is 2. The lowest BCUT2D eigenvalue weighted by atomic mass is 10.0. The highest BCUT2D eigenvalue weighted by Crippen LogP contribution is 2.34. The van der Waals surface area contributed by atoms with Gasteiger partial charge in [0.1, 0.15) is 5.75 Å². The summed E-state index contributed by atoms with van der Waals surface area (Å²) in [5.41, 5.74) is 2.62. The van der Waals surface area contributed by atoms with Crippen molar-refractivity contribution in [2.45, 2.75) is 17.7 Å². The zero-order chi connectivity index (χ0) is 22.7. The van der Waals surface area contributed by atoms with Gasteiger partial charge in [0.05, 0.1) is 17.7 Å². The summed E-state index contributed by atoms with van der Waals surface area (Å²) in [7, 11) is -2.18. The molecule has 1 aliphatic rings. The third kappa shape index (κ3) is 4.66. The van der Waals surface area contributed by atoms with E-state index in [2.05, 4.69) is 10.6 Å². The topological polar surface area (TPSA) is 87.7 Å². The van der Waals surface area contributed by atoms with Gasteiger partial charge < -0.3 is 15.4 Å². The molecule has 2 N–H and O–H groups in total. The van der Waals surface area contributed by atoms with Crippen LogP contribution in [0.25, 0.3) is 0 Å². The molecular weight excluding hydrogens is 450 g/mol. The van der Waals surface area contributed by atoms with Crippen molar-refractivity contribution in [1.29, 1.82) is 0 Å². The van der Waals surface area contributed by atoms with Crippen LogP contribution in [0.3, 0.4) is 0 Å². The number of halogens is 1. The van der Waals surface area contributed by atoms with E-state index < -0.39 is 16.1 Å². The summed E-state index contributed by atoms with van der Waals surface area (Å²) in [5.74, 6) is 0.592. The molecule has 0 unspecified atom stereocenters. The van der Waals surface area contributed by atoms with E-state index in [0.717, 1.165) is 12.0 Å². The van der Waals surface area contributed by atoms with Gasteiger partial charge in [-0.3, -0.25) is 4.31 Å². The van der Waals surface area contributed by atoms with Crippen LogP contribution >= 0.6 is 11.6 Å². The number of fused-ring (bicyclic) bond motifs is 1. The molecule has 0 aliphatic carbocycles. The number of carbonyl (C=O) groups excluding carboxylic acids is 1. The van der Waals surface area contributed by atoms with Crippen molar-refractivity contribution in [2.24, 2.45) is 0 Å². The van der Waals surface area contributed by atoms with Crippen LogP contribution in [-0.4, -0.2) is 28.1 Å². The quantitative estimate of drug-likeness (QED) is 0.539. The molecule has 1 aliphatic heterocycles. The first-order valence-electron chi connectivity index (χ1n) is 10.00. The lowest BCUT2D eigenvalue weighted by Gasteiger charge is -2.31. The number of aryl methyl sites for hydroxylation is 1. The van der Waals surface area contributed by atoms with E-state index in [1.165, 1.54) is 11.4 Å². The molecule has 4 rings (SSSR count). The summed E-state index contributed by atoms with van der Waals surface area (Å²) in [4.78, 5) is 12.5. The maximum absolute atomic E-state index is 13.2. The van der Waals surface area contributed by atoms with Crippen molar-refractivity contribution >= 4 is 44.7 Å². The highest BCUT2D eigenvalue weighted by Gasteiger charge is 2.29. The predicted molar refractivity (Wildman–Crippen MR) is 126 cm³/mol. The monoisotopic (exact) mass is 471 g/mol. The maximum atomic E-state index is 13.2. The van der Waals surface area contributed by atoms with Gasteiger partial charge in [-0.05, 0) is 79.1 Å². The molecule has 0 aromatic heterocycles. The van der Waals surface area contributed by atoms with Crippen molar-refractivity contribution in [3.8, 4) is 5.75 Å². The second kappa shape index (κ2) is 9.10. The van der Waals surface area contributed by atoms with Crippen LogP contribution in [0.2, 0.25) is 5.02 Å². The molecule has 9 heteroatoms. The van der Waals surface area contributed by atoms with Gasteiger partial charge in [-0.15, -0.1) is 0 Å². The zero-order valence-electron chi connectivity index (χ0n) is 17.3. The summed E-state index contributed by atoms with van der Waals surface area (Å²) in [6.45, 7) is 0.392. The first-order chi connectivity index (χ1) is 15.4. The maximum Gasteiger partial charge on any atom is 0.323 e. The van der Waals surface area contributed by atoms with Gasteiger partial charge in [-0.25, -0.2) is 13.2 Å². The number of amides is 2. The molecule has 0 radical (unpaired) electrons. The van der Waals surface area contributed by atoms with Gasteiger partial charge in [0.2, 0.25) is 0 Å². The van der Waals surface area contributed by atoms with Gasteiger partial charge in [0, 0.05) is 22.9 Å². The first kappa shape index (κ1) is 22.0. The SMILES string of the molecule is COc1ccc(S(=O)(=O)N2CCCc3cc(NC(=O)Nc4cccc(Cl)c4)ccc32)cc1. The molecular formula is C23H22ClN3O4S. The van der Waals surface area contributed by atoms with E-state index in [0.29, 0.717) is 40.8 Å². The fourth-order valence-electron chi connectivity index (χ4n) is 3.62. The van der Waals surface area contributed by atoms with Crippen molar-refractivity contribution in [2.75, 3.05) is 28.6 Å². The molecule has 0 fully saturated rings. The van der Waals surface area contributed by atoms with Crippen LogP contribution in [0, 0.1) is 0 Å². The molecule has 0 saturated heterocycles. The Labute approximate surface area is 192 Å². The fourth-order valence-corrected chi connectivity index (χ4v) is 5.36. The minimum absolute atomic E-state index is 0.203. The average molecular weight is 472 g/mol. The number of methoxy groups -OCH3 is 1. The summed E-state index contributed by atoms with van der Waals surface area (Å²) >= 11 is 5.95. The third-order valence-corrected chi connectivity index (χ3v) is 7.21. The highest BCUT2D eigenvalue weighted by atomic mass is 35.5. The Morgan fingerprint density at radius 2 is 1.72 bits per heavy atom. The largest absolute Gasteiger partial charge is 0.497 e. The summed E-state index contributed by atoms with van der Waals surface area (Å²) in [6.07, 6.45) is 1.40. The lowest BCUT2D eigenvalue weighted by molar-refractivity contribution is 0.262. The number of sulfonamides is 1. The molecule has 0 saturated carbocycles. The number of anilines is 3. The lowest BCUT2D eigenvalue weighted by Crippen LogP contribution is -2.35. The summed E-state index contributed by atoms with van der Waals surface area (Å²) in [6, 6.07) is 18.0. The average Bonchev–Trinajstić information content (AvgIpc) is 2.78. The number of hydrogen-bond acceptors (Lipinski definition) is 4. The Morgan fingerprint density at radius 1 is 1.00 bits per heavy atom. The molecule has 166 valence electrons. The summed E-state index contributed by atoms with van der Waals surface area (Å²) < 4.78 is 33.0. The van der Waals surface area contributed by atoms with Gasteiger partial charge in [0.15, 0.2) is 0 Å². The number of nitrogens with zero attached hydrogens (tertiary/aromatic N) is 1. The van der Waals surface area contributed by atoms with Gasteiger partial charge >= 0.3 is 6.03 Å². The van der Waals surface area contributed by atoms with E-state index >= 15 is 0 Å². The molecule has 3 aromatic carbocycles. The van der Waals surface area contributed by atoms with Crippen molar-refractivity contribution in [3.05, 3.63) is 77.3 Å². The van der Waals surface area contributed by atoms with Gasteiger partial charge in [-0.1, -0.05) is 17.7 Å². The number of urea groups is 1. The van der Waals surface area contributed by atoms with E-state index in [1.807, 2.05) is 6.07 Å². The zero-order valence-corrected chi connectivity index (χ0v) is 18.9. The minimum atomic E-state index is -3.72. The Morgan fingerprint density at radius 3 is 2.41 bits per heavy atom. The van der Waals surface area contributed by atoms with E-state index in [4.69, 9.17) is 16.3 Å². The van der Waals surface area contributed by atoms with Crippen molar-refractivity contribution in [1.82, 2.24) is 0 Å². The first-order valence-corrected chi connectivity index (χ1v) is 11.8. The van der Waals surface area contributed by atoms with E-state index in [1.54, 1.807) is 60.7 Å². The Kier molecular flexibility index (Phi) is 6.25. The number of carbonyl (C=O) groups is 1. The third-order valence-electron chi connectivity index (χ3n) is 5.14. The molecule has 0 bridgehead atoms. The molecule has 2 amide bonds. The van der Waals surface area contributed by atoms with Crippen LogP contribution < -0.4 is 19.7 Å². The molecule has 3 aromatic rings. The fraction of sp³-hybridized carbons (Fsp3) is 0.174. The van der Waals surface area contributed by atoms with E-state index in [-0.39, 0.29) is 4.90 Å². The standard InChI is InChI=1S/C23H22ClN3O4S/c1-31-20-8-10-21(11-9-20)32(29,30)27-13-3-4-16-14-19(7-12-22(16)27)26-23(28)25-18-6-2-5-17(24)15-18/h2,5-12,14-15H,3-4,13H2,1H3,(H2,25,26,28). The van der Waals surface area contributed by atoms with Crippen molar-refractivity contribution < 1.29 is 17.9 Å². The van der Waals surface area contributed by atoms with Crippen molar-refractivity contribution in [3.63, 3.8) is 0 Å². The number of rotatable bonds is 5. The highest BCUT2D eigenvalue weighted by molar-refractivity contribution is 7.92. The van der Waals surface area contributed by atoms with E-state index in [9.17, 15) is 13.2 Å². The summed E-state index contributed by atoms with van der Waals surface area (Å²) in [5, 5.41) is 6.03. The second-order valence-corrected chi connectivity index (χ2v) is 9.59. The van der Waals surface area contributed by atoms with Crippen LogP contribution in [-0.2, 0) is 16.4 Å². The van der Waals surface area contributed by atoms with Gasteiger partial charge in [-0.2, -0.15) is 0 Å². The molecule has 0 atom stereocenters. The Balaban J connectivity index is 1.53. The number of benzene rings is 3. The Hall–Kier alpha value is -3.23. The van der Waals surface area contributed by atoms with Crippen LogP contribution in [0.5, 0.6) is 5.75 Å². The molecule has 32 heavy (non-hydrogen) atoms. The smallest absolute Gasteiger partial charge is 0.323 e. The molecule has 0 spiro atoms. The predicted octanol–water partition coefficient (Wildman–Crippen LogP) is 5.13. The number of hydrogen-bond donors (Lipinski definition) is 2. The Bertz CT molecular complexity index is 1250. The minimum Gasteiger partial charge on any atom is -0.497 e. The molecule has 7 nitrogen and oxygen atoms in total. The van der Waals surface area contributed by atoms with Crippen LogP contribution in [0.4, 0.5) is 21.9 Å². The molecule has 1 heterocycles. The normalized spacial score (nSPS) is 13.2. The van der Waals surface area contributed by atoms with Crippen LogP contribution in [0.15, 0.2) is 71.6 Å².